The number of hydrogen-bond acceptors (Lipinski definition) is 4. The molecule has 1 unspecified atom stereocenters. The molecule has 0 heterocycles. The van der Waals surface area contributed by atoms with Gasteiger partial charge in [-0.1, -0.05) is 84.9 Å². The summed E-state index contributed by atoms with van der Waals surface area (Å²) in [6, 6.07) is 8.65. The molecule has 34 heavy (non-hydrogen) atoms. The fraction of sp³-hybridized carbons (Fsp3) is 0.593. The molecule has 2 amide bonds. The number of halogens is 1. The summed E-state index contributed by atoms with van der Waals surface area (Å²) in [5, 5.41) is 6.28. The maximum absolute atomic E-state index is 13.8. The van der Waals surface area contributed by atoms with Crippen LogP contribution in [0.15, 0.2) is 45.2 Å². The summed E-state index contributed by atoms with van der Waals surface area (Å²) >= 11 is 1.95. The highest BCUT2D eigenvalue weighted by Crippen LogP contribution is 2.29. The fourth-order valence-corrected chi connectivity index (χ4v) is 4.66. The van der Waals surface area contributed by atoms with E-state index in [2.05, 4.69) is 33.8 Å². The second-order valence-corrected chi connectivity index (χ2v) is 11.5. The van der Waals surface area contributed by atoms with E-state index >= 15 is 0 Å². The van der Waals surface area contributed by atoms with Gasteiger partial charge in [-0.15, -0.1) is 0 Å². The van der Waals surface area contributed by atoms with E-state index in [-0.39, 0.29) is 23.8 Å². The first-order valence-electron chi connectivity index (χ1n) is 11.8. The number of rotatable bonds is 10. The second kappa shape index (κ2) is 12.8. The van der Waals surface area contributed by atoms with Gasteiger partial charge < -0.3 is 15.5 Å². The molecule has 1 aromatic carbocycles. The van der Waals surface area contributed by atoms with Crippen molar-refractivity contribution in [3.8, 4) is 0 Å². The van der Waals surface area contributed by atoms with Crippen LogP contribution in [0, 0.1) is 11.3 Å². The highest BCUT2D eigenvalue weighted by Gasteiger charge is 2.41. The molecular formula is C27H43IN4O2. The first-order chi connectivity index (χ1) is 15.7. The van der Waals surface area contributed by atoms with Crippen molar-refractivity contribution in [2.24, 2.45) is 14.5 Å². The third-order valence-electron chi connectivity index (χ3n) is 6.35. The van der Waals surface area contributed by atoms with E-state index in [1.807, 2.05) is 102 Å². The Labute approximate surface area is 220 Å². The third-order valence-corrected chi connectivity index (χ3v) is 6.63. The fourth-order valence-electron chi connectivity index (χ4n) is 4.22. The third kappa shape index (κ3) is 7.90. The van der Waals surface area contributed by atoms with Crippen LogP contribution in [0.1, 0.15) is 61.0 Å². The van der Waals surface area contributed by atoms with Crippen LogP contribution in [0.4, 0.5) is 0 Å². The number of nitrogens with zero attached hydrogens (tertiary/aromatic N) is 2. The highest BCUT2D eigenvalue weighted by atomic mass is 127. The van der Waals surface area contributed by atoms with Crippen LogP contribution in [0.5, 0.6) is 0 Å². The summed E-state index contributed by atoms with van der Waals surface area (Å²) in [5.41, 5.74) is 1.10. The zero-order valence-electron chi connectivity index (χ0n) is 22.4. The Bertz CT molecular complexity index is 872. The van der Waals surface area contributed by atoms with Crippen LogP contribution in [-0.4, -0.2) is 55.1 Å². The lowest BCUT2D eigenvalue weighted by Crippen LogP contribution is -2.61. The lowest BCUT2D eigenvalue weighted by Gasteiger charge is -2.40. The molecule has 0 aliphatic rings. The molecule has 0 aromatic heterocycles. The van der Waals surface area contributed by atoms with E-state index in [4.69, 9.17) is 0 Å². The first kappa shape index (κ1) is 30.3. The SMILES string of the molecule is CN[C@H](C(=O)NC(C(=O)N(C)[C@H](/C=C(C)/C=N/I)C(C)C)C(C)(C)C)C(C)(C)c1ccccc1. The summed E-state index contributed by atoms with van der Waals surface area (Å²) in [7, 11) is 3.60. The average molecular weight is 583 g/mol. The first-order valence-corrected chi connectivity index (χ1v) is 12.8. The molecule has 0 aliphatic carbocycles. The molecule has 0 aliphatic heterocycles. The van der Waals surface area contributed by atoms with Crippen LogP contribution in [0.3, 0.4) is 0 Å². The Kier molecular flexibility index (Phi) is 11.4. The smallest absolute Gasteiger partial charge is 0.245 e. The minimum absolute atomic E-state index is 0.109. The minimum Gasteiger partial charge on any atom is -0.342 e. The van der Waals surface area contributed by atoms with Crippen LogP contribution < -0.4 is 10.6 Å². The number of amides is 2. The normalized spacial score (nSPS) is 15.8. The van der Waals surface area contributed by atoms with Crippen molar-refractivity contribution in [3.63, 3.8) is 0 Å². The molecule has 1 aromatic rings. The summed E-state index contributed by atoms with van der Waals surface area (Å²) in [6.07, 6.45) is 3.83. The Morgan fingerprint density at radius 2 is 1.62 bits per heavy atom. The topological polar surface area (TPSA) is 73.8 Å². The predicted octanol–water partition coefficient (Wildman–Crippen LogP) is 4.93. The summed E-state index contributed by atoms with van der Waals surface area (Å²) in [5.74, 6) is -0.102. The van der Waals surface area contributed by atoms with E-state index < -0.39 is 22.9 Å². The van der Waals surface area contributed by atoms with Gasteiger partial charge in [-0.3, -0.25) is 9.59 Å². The number of hydrogen-bond donors (Lipinski definition) is 2. The zero-order chi connectivity index (χ0) is 26.3. The summed E-state index contributed by atoms with van der Waals surface area (Å²) in [4.78, 5) is 29.1. The Hall–Kier alpha value is -1.74. The Morgan fingerprint density at radius 3 is 2.06 bits per heavy atom. The van der Waals surface area contributed by atoms with Gasteiger partial charge in [0.15, 0.2) is 0 Å². The molecule has 3 atom stereocenters. The minimum atomic E-state index is -0.680. The zero-order valence-corrected chi connectivity index (χ0v) is 24.6. The van der Waals surface area contributed by atoms with Gasteiger partial charge in [0.25, 0.3) is 0 Å². The largest absolute Gasteiger partial charge is 0.342 e. The maximum atomic E-state index is 13.8. The maximum Gasteiger partial charge on any atom is 0.245 e. The van der Waals surface area contributed by atoms with Crippen molar-refractivity contribution in [2.45, 2.75) is 78.9 Å². The number of carbonyl (C=O) groups is 2. The molecule has 190 valence electrons. The van der Waals surface area contributed by atoms with Crippen LogP contribution in [0.25, 0.3) is 0 Å². The van der Waals surface area contributed by atoms with E-state index in [9.17, 15) is 9.59 Å². The quantitative estimate of drug-likeness (QED) is 0.304. The van der Waals surface area contributed by atoms with Crippen LogP contribution in [-0.2, 0) is 15.0 Å². The molecule has 6 nitrogen and oxygen atoms in total. The van der Waals surface area contributed by atoms with Crippen molar-refractivity contribution < 1.29 is 9.59 Å². The molecule has 7 heteroatoms. The number of likely N-dealkylation sites (N-methyl/N-ethyl adjacent to an activating group) is 2. The van der Waals surface area contributed by atoms with Crippen molar-refractivity contribution in [1.29, 1.82) is 0 Å². The molecule has 0 saturated carbocycles. The van der Waals surface area contributed by atoms with Gasteiger partial charge in [-0.2, -0.15) is 0 Å². The van der Waals surface area contributed by atoms with Gasteiger partial charge in [0, 0.05) is 18.7 Å². The van der Waals surface area contributed by atoms with Gasteiger partial charge in [-0.05, 0) is 36.4 Å². The monoisotopic (exact) mass is 582 g/mol. The lowest BCUT2D eigenvalue weighted by atomic mass is 9.76. The van der Waals surface area contributed by atoms with Gasteiger partial charge in [-0.25, -0.2) is 3.21 Å². The van der Waals surface area contributed by atoms with Crippen molar-refractivity contribution in [2.75, 3.05) is 14.1 Å². The molecule has 2 N–H and O–H groups in total. The van der Waals surface area contributed by atoms with Crippen LogP contribution in [0.2, 0.25) is 0 Å². The van der Waals surface area contributed by atoms with Gasteiger partial charge in [0.1, 0.15) is 6.04 Å². The van der Waals surface area contributed by atoms with Crippen molar-refractivity contribution in [3.05, 3.63) is 47.5 Å². The summed E-state index contributed by atoms with van der Waals surface area (Å²) in [6.45, 7) is 16.2. The molecule has 0 spiro atoms. The van der Waals surface area contributed by atoms with Crippen LogP contribution >= 0.6 is 22.9 Å². The van der Waals surface area contributed by atoms with E-state index in [1.54, 1.807) is 18.2 Å². The highest BCUT2D eigenvalue weighted by molar-refractivity contribution is 14.1. The number of benzene rings is 1. The lowest BCUT2D eigenvalue weighted by molar-refractivity contribution is -0.140. The van der Waals surface area contributed by atoms with Gasteiger partial charge >= 0.3 is 0 Å². The molecule has 0 radical (unpaired) electrons. The molecule has 1 rings (SSSR count). The molecule has 0 fully saturated rings. The molecule has 0 bridgehead atoms. The Morgan fingerprint density at radius 1 is 1.06 bits per heavy atom. The van der Waals surface area contributed by atoms with Gasteiger partial charge in [0.2, 0.25) is 11.8 Å². The predicted molar refractivity (Wildman–Crippen MR) is 151 cm³/mol. The van der Waals surface area contributed by atoms with E-state index in [0.29, 0.717) is 0 Å². The summed E-state index contributed by atoms with van der Waals surface area (Å²) < 4.78 is 4.05. The van der Waals surface area contributed by atoms with Gasteiger partial charge in [0.05, 0.1) is 34.9 Å². The molecule has 0 saturated heterocycles. The average Bonchev–Trinajstić information content (AvgIpc) is 2.75. The van der Waals surface area contributed by atoms with Crippen molar-refractivity contribution in [1.82, 2.24) is 15.5 Å². The Balaban J connectivity index is 3.27. The number of carbonyl (C=O) groups excluding carboxylic acids is 2. The van der Waals surface area contributed by atoms with Crippen molar-refractivity contribution >= 4 is 40.9 Å². The standard InChI is InChI=1S/C27H43IN4O2/c1-18(2)21(16-19(3)17-30-28)32(10)25(34)23(26(4,5)6)31-24(33)22(29-9)27(7,8)20-14-12-11-13-15-20/h11-18,21-23,29H,1-10H3,(H,31,33)/b19-16+,30-17+/t21-,22-,23?/m1/s1. The number of nitrogens with one attached hydrogen (secondary N) is 2. The second-order valence-electron chi connectivity index (χ2n) is 10.9. The molecular weight excluding hydrogens is 539 g/mol. The van der Waals surface area contributed by atoms with E-state index in [1.165, 1.54) is 0 Å². The number of allylic oxidation sites excluding steroid dienone is 1. The van der Waals surface area contributed by atoms with E-state index in [0.717, 1.165) is 11.1 Å².